The fraction of sp³-hybridized carbons (Fsp3) is 0.943. The smallest absolute Gasteiger partial charge is 0.306 e. The Bertz CT molecular complexity index is 1100. The summed E-state index contributed by atoms with van der Waals surface area (Å²) < 4.78 is 18.1. The second kappa shape index (κ2) is 10.8. The van der Waals surface area contributed by atoms with Crippen LogP contribution in [0.1, 0.15) is 138 Å². The van der Waals surface area contributed by atoms with Gasteiger partial charge < -0.3 is 9.84 Å². The summed E-state index contributed by atoms with van der Waals surface area (Å²) in [4.78, 5) is 24.4. The molecular formula is C35H59NO5S. The molecule has 3 N–H and O–H groups in total. The number of carbonyl (C=O) groups is 2. The van der Waals surface area contributed by atoms with Crippen LogP contribution in [0.3, 0.4) is 0 Å². The van der Waals surface area contributed by atoms with E-state index in [0.29, 0.717) is 33.8 Å². The molecule has 0 aromatic rings. The van der Waals surface area contributed by atoms with Crippen LogP contribution in [0, 0.1) is 56.2 Å². The van der Waals surface area contributed by atoms with Gasteiger partial charge in [-0.05, 0) is 121 Å². The SMILES string of the molecule is CC(C)(CC(=O)O)CC(=O)O[C@H]1CC[C@@]2(C)C(CC[C@]3(C)C2CC[C@@H]2[C@H]4CCC[C@]4(CCS(N)=O)CC[C@]23C)C1(C)C. The van der Waals surface area contributed by atoms with Crippen molar-refractivity contribution in [2.75, 3.05) is 5.75 Å². The van der Waals surface area contributed by atoms with Crippen molar-refractivity contribution in [3.63, 3.8) is 0 Å². The van der Waals surface area contributed by atoms with E-state index in [9.17, 15) is 18.9 Å². The fourth-order valence-electron chi connectivity index (χ4n) is 12.7. The van der Waals surface area contributed by atoms with Crippen molar-refractivity contribution >= 4 is 22.9 Å². The molecule has 5 fully saturated rings. The minimum absolute atomic E-state index is 0.0363. The van der Waals surface area contributed by atoms with Crippen molar-refractivity contribution in [2.24, 2.45) is 61.3 Å². The highest BCUT2D eigenvalue weighted by Crippen LogP contribution is 2.77. The molecule has 5 saturated carbocycles. The molecule has 3 unspecified atom stereocenters. The number of aliphatic carboxylic acids is 1. The highest BCUT2D eigenvalue weighted by atomic mass is 32.2. The van der Waals surface area contributed by atoms with Crippen LogP contribution in [0.15, 0.2) is 0 Å². The van der Waals surface area contributed by atoms with Gasteiger partial charge in [-0.1, -0.05) is 54.9 Å². The number of hydrogen-bond donors (Lipinski definition) is 2. The maximum absolute atomic E-state index is 13.1. The second-order valence-corrected chi connectivity index (χ2v) is 18.8. The van der Waals surface area contributed by atoms with E-state index in [2.05, 4.69) is 34.6 Å². The van der Waals surface area contributed by atoms with Crippen LogP contribution in [0.2, 0.25) is 0 Å². The lowest BCUT2D eigenvalue weighted by Crippen LogP contribution is -2.66. The predicted molar refractivity (Wildman–Crippen MR) is 168 cm³/mol. The number of nitrogens with two attached hydrogens (primary N) is 1. The van der Waals surface area contributed by atoms with Gasteiger partial charge in [0.05, 0.1) is 23.8 Å². The Morgan fingerprint density at radius 1 is 0.857 bits per heavy atom. The maximum Gasteiger partial charge on any atom is 0.306 e. The summed E-state index contributed by atoms with van der Waals surface area (Å²) in [6, 6.07) is 0. The predicted octanol–water partition coefficient (Wildman–Crippen LogP) is 7.66. The summed E-state index contributed by atoms with van der Waals surface area (Å²) >= 11 is 0. The minimum Gasteiger partial charge on any atom is -0.481 e. The van der Waals surface area contributed by atoms with E-state index in [0.717, 1.165) is 31.1 Å². The number of ether oxygens (including phenoxy) is 1. The molecule has 42 heavy (non-hydrogen) atoms. The molecule has 6 nitrogen and oxygen atoms in total. The van der Waals surface area contributed by atoms with Crippen molar-refractivity contribution in [2.45, 2.75) is 144 Å². The van der Waals surface area contributed by atoms with E-state index < -0.39 is 22.4 Å². The van der Waals surface area contributed by atoms with Crippen LogP contribution in [-0.4, -0.2) is 33.1 Å². The molecule has 0 bridgehead atoms. The Hall–Kier alpha value is -0.950. The molecule has 0 heterocycles. The average molecular weight is 606 g/mol. The van der Waals surface area contributed by atoms with Gasteiger partial charge in [-0.15, -0.1) is 0 Å². The molecule has 5 aliphatic carbocycles. The number of carboxylic acids is 1. The number of hydrogen-bond acceptors (Lipinski definition) is 4. The number of carbonyl (C=O) groups excluding carboxylic acids is 1. The van der Waals surface area contributed by atoms with Crippen molar-refractivity contribution < 1.29 is 23.6 Å². The first-order valence-electron chi connectivity index (χ1n) is 16.9. The van der Waals surface area contributed by atoms with Crippen molar-refractivity contribution in [1.82, 2.24) is 0 Å². The Kier molecular flexibility index (Phi) is 8.38. The Labute approximate surface area is 257 Å². The molecule has 5 rings (SSSR count). The molecule has 0 spiro atoms. The zero-order chi connectivity index (χ0) is 30.9. The lowest BCUT2D eigenvalue weighted by molar-refractivity contribution is -0.248. The van der Waals surface area contributed by atoms with Crippen LogP contribution in [0.25, 0.3) is 0 Å². The number of rotatable bonds is 8. The van der Waals surface area contributed by atoms with Crippen LogP contribution in [0.5, 0.6) is 0 Å². The van der Waals surface area contributed by atoms with E-state index in [1.807, 2.05) is 13.8 Å². The van der Waals surface area contributed by atoms with E-state index >= 15 is 0 Å². The molecule has 10 atom stereocenters. The third-order valence-electron chi connectivity index (χ3n) is 14.8. The fourth-order valence-corrected chi connectivity index (χ4v) is 13.3. The van der Waals surface area contributed by atoms with Crippen LogP contribution in [0.4, 0.5) is 0 Å². The molecule has 0 aliphatic heterocycles. The van der Waals surface area contributed by atoms with Crippen LogP contribution >= 0.6 is 0 Å². The number of fused-ring (bicyclic) bond motifs is 7. The quantitative estimate of drug-likeness (QED) is 0.276. The van der Waals surface area contributed by atoms with Gasteiger partial charge in [0.2, 0.25) is 0 Å². The first-order chi connectivity index (χ1) is 19.4. The highest BCUT2D eigenvalue weighted by molar-refractivity contribution is 7.82. The standard InChI is InChI=1S/C35H59NO5S/c1-30(2,21-28(37)38)22-29(39)41-27-13-15-32(5)25(31(27,3)4)12-16-34(7)26(32)11-10-23-24-9-8-14-35(24,19-20-42(36)40)18-17-33(23,34)6/h23-27H,8-22,36H2,1-7H3,(H,37,38)/t23-,24-,25?,26?,27+,32+,33-,34-,35-,42?/m1/s1. The molecule has 7 heteroatoms. The summed E-state index contributed by atoms with van der Waals surface area (Å²) in [5.74, 6) is 2.19. The molecule has 0 radical (unpaired) electrons. The number of esters is 1. The Morgan fingerprint density at radius 3 is 2.24 bits per heavy atom. The van der Waals surface area contributed by atoms with E-state index in [-0.39, 0.29) is 35.7 Å². The monoisotopic (exact) mass is 605 g/mol. The highest BCUT2D eigenvalue weighted by Gasteiger charge is 2.70. The Morgan fingerprint density at radius 2 is 1.57 bits per heavy atom. The van der Waals surface area contributed by atoms with Gasteiger partial charge in [0, 0.05) is 11.2 Å². The summed E-state index contributed by atoms with van der Waals surface area (Å²) in [5.41, 5.74) is 0.461. The molecular weight excluding hydrogens is 546 g/mol. The first kappa shape index (κ1) is 32.4. The molecule has 0 aromatic heterocycles. The van der Waals surface area contributed by atoms with Gasteiger partial charge in [0.15, 0.2) is 0 Å². The van der Waals surface area contributed by atoms with Crippen LogP contribution < -0.4 is 5.14 Å². The summed E-state index contributed by atoms with van der Waals surface area (Å²) in [5, 5.41) is 15.0. The molecule has 240 valence electrons. The molecule has 0 saturated heterocycles. The third-order valence-corrected chi connectivity index (χ3v) is 15.4. The lowest BCUT2D eigenvalue weighted by Gasteiger charge is -2.72. The maximum atomic E-state index is 13.1. The number of carboxylic acid groups (broad SMARTS) is 1. The molecule has 0 amide bonds. The van der Waals surface area contributed by atoms with Gasteiger partial charge in [-0.2, -0.15) is 0 Å². The van der Waals surface area contributed by atoms with Crippen LogP contribution in [-0.2, 0) is 25.3 Å². The normalized spacial score (nSPS) is 45.1. The largest absolute Gasteiger partial charge is 0.481 e. The summed E-state index contributed by atoms with van der Waals surface area (Å²) in [6.45, 7) is 16.2. The van der Waals surface area contributed by atoms with E-state index in [1.54, 1.807) is 0 Å². The average Bonchev–Trinajstić information content (AvgIpc) is 3.28. The van der Waals surface area contributed by atoms with Gasteiger partial charge in [0.1, 0.15) is 6.10 Å². The van der Waals surface area contributed by atoms with Gasteiger partial charge in [-0.3, -0.25) is 14.7 Å². The lowest BCUT2D eigenvalue weighted by atomic mass is 9.32. The molecule has 5 aliphatic rings. The van der Waals surface area contributed by atoms with E-state index in [1.165, 1.54) is 57.8 Å². The zero-order valence-corrected chi connectivity index (χ0v) is 28.4. The second-order valence-electron chi connectivity index (χ2n) is 17.6. The zero-order valence-electron chi connectivity index (χ0n) is 27.6. The third kappa shape index (κ3) is 5.12. The van der Waals surface area contributed by atoms with E-state index in [4.69, 9.17) is 9.88 Å². The Balaban J connectivity index is 1.35. The van der Waals surface area contributed by atoms with Crippen molar-refractivity contribution in [3.8, 4) is 0 Å². The van der Waals surface area contributed by atoms with Crippen molar-refractivity contribution in [3.05, 3.63) is 0 Å². The topological polar surface area (TPSA) is 107 Å². The molecule has 0 aromatic carbocycles. The van der Waals surface area contributed by atoms with Crippen molar-refractivity contribution in [1.29, 1.82) is 0 Å². The minimum atomic E-state index is -1.20. The van der Waals surface area contributed by atoms with Gasteiger partial charge >= 0.3 is 11.9 Å². The van der Waals surface area contributed by atoms with Gasteiger partial charge in [0.25, 0.3) is 0 Å². The van der Waals surface area contributed by atoms with Gasteiger partial charge in [-0.25, -0.2) is 4.21 Å². The summed E-state index contributed by atoms with van der Waals surface area (Å²) in [6.07, 6.45) is 14.5. The first-order valence-corrected chi connectivity index (χ1v) is 18.3. The summed E-state index contributed by atoms with van der Waals surface area (Å²) in [7, 11) is -1.20.